The first-order chi connectivity index (χ1) is 11.8. The first kappa shape index (κ1) is 16.6. The zero-order chi connectivity index (χ0) is 16.6. The van der Waals surface area contributed by atoms with Crippen molar-refractivity contribution >= 4 is 6.03 Å². The number of nitrogens with one attached hydrogen (secondary N) is 1. The van der Waals surface area contributed by atoms with Crippen LogP contribution in [-0.4, -0.2) is 39.8 Å². The molecule has 1 aromatic heterocycles. The fourth-order valence-electron chi connectivity index (χ4n) is 3.34. The smallest absolute Gasteiger partial charge is 0.317 e. The second-order valence-corrected chi connectivity index (χ2v) is 6.37. The van der Waals surface area contributed by atoms with Crippen LogP contribution in [0.5, 0.6) is 0 Å². The third kappa shape index (κ3) is 4.60. The van der Waals surface area contributed by atoms with Crippen molar-refractivity contribution in [2.45, 2.75) is 44.7 Å². The first-order valence-corrected chi connectivity index (χ1v) is 8.89. The van der Waals surface area contributed by atoms with Gasteiger partial charge in [-0.15, -0.1) is 0 Å². The first-order valence-electron chi connectivity index (χ1n) is 8.89. The highest BCUT2D eigenvalue weighted by atomic mass is 16.2. The lowest BCUT2D eigenvalue weighted by Crippen LogP contribution is -2.49. The van der Waals surface area contributed by atoms with Gasteiger partial charge in [-0.2, -0.15) is 5.10 Å². The van der Waals surface area contributed by atoms with E-state index in [0.717, 1.165) is 38.8 Å². The van der Waals surface area contributed by atoms with Gasteiger partial charge < -0.3 is 10.2 Å². The van der Waals surface area contributed by atoms with Crippen LogP contribution < -0.4 is 5.32 Å². The fraction of sp³-hybridized carbons (Fsp3) is 0.474. The number of carbonyl (C=O) groups is 1. The molecule has 1 N–H and O–H groups in total. The molecule has 3 rings (SSSR count). The van der Waals surface area contributed by atoms with Crippen molar-refractivity contribution in [2.75, 3.05) is 13.1 Å². The molecule has 1 fully saturated rings. The Bertz CT molecular complexity index is 612. The van der Waals surface area contributed by atoms with Crippen LogP contribution in [0, 0.1) is 0 Å². The number of aromatic nitrogens is 2. The minimum atomic E-state index is 0.0797. The second-order valence-electron chi connectivity index (χ2n) is 6.37. The number of likely N-dealkylation sites (tertiary alicyclic amines) is 1. The van der Waals surface area contributed by atoms with Gasteiger partial charge in [0, 0.05) is 38.1 Å². The molecule has 1 saturated heterocycles. The van der Waals surface area contributed by atoms with Gasteiger partial charge in [0.1, 0.15) is 0 Å². The number of aryl methyl sites for hydroxylation is 1. The van der Waals surface area contributed by atoms with E-state index >= 15 is 0 Å². The predicted octanol–water partition coefficient (Wildman–Crippen LogP) is 3.08. The maximum absolute atomic E-state index is 12.6. The summed E-state index contributed by atoms with van der Waals surface area (Å²) in [6.07, 6.45) is 9.02. The van der Waals surface area contributed by atoms with Gasteiger partial charge in [0.25, 0.3) is 0 Å². The number of urea groups is 1. The van der Waals surface area contributed by atoms with E-state index in [-0.39, 0.29) is 6.03 Å². The molecule has 1 unspecified atom stereocenters. The Kier molecular flexibility index (Phi) is 5.88. The molecule has 1 aromatic carbocycles. The Labute approximate surface area is 143 Å². The quantitative estimate of drug-likeness (QED) is 0.887. The number of carbonyl (C=O) groups excluding carboxylic acids is 1. The topological polar surface area (TPSA) is 50.2 Å². The van der Waals surface area contributed by atoms with Gasteiger partial charge in [0.05, 0.1) is 0 Å². The summed E-state index contributed by atoms with van der Waals surface area (Å²) >= 11 is 0. The summed E-state index contributed by atoms with van der Waals surface area (Å²) in [4.78, 5) is 14.6. The zero-order valence-electron chi connectivity index (χ0n) is 14.1. The van der Waals surface area contributed by atoms with Crippen molar-refractivity contribution in [3.63, 3.8) is 0 Å². The Morgan fingerprint density at radius 3 is 2.88 bits per heavy atom. The minimum Gasteiger partial charge on any atom is -0.338 e. The van der Waals surface area contributed by atoms with E-state index in [1.54, 1.807) is 6.20 Å². The molecule has 2 heterocycles. The highest BCUT2D eigenvalue weighted by Crippen LogP contribution is 2.20. The van der Waals surface area contributed by atoms with E-state index in [0.29, 0.717) is 12.6 Å². The highest BCUT2D eigenvalue weighted by Gasteiger charge is 2.26. The summed E-state index contributed by atoms with van der Waals surface area (Å²) < 4.78 is 1.94. The van der Waals surface area contributed by atoms with E-state index in [1.165, 1.54) is 12.0 Å². The number of hydrogen-bond donors (Lipinski definition) is 1. The van der Waals surface area contributed by atoms with E-state index in [1.807, 2.05) is 40.0 Å². The maximum Gasteiger partial charge on any atom is 0.317 e. The number of hydrogen-bond acceptors (Lipinski definition) is 2. The van der Waals surface area contributed by atoms with Crippen molar-refractivity contribution in [3.05, 3.63) is 54.4 Å². The van der Waals surface area contributed by atoms with E-state index < -0.39 is 0 Å². The van der Waals surface area contributed by atoms with Gasteiger partial charge in [-0.1, -0.05) is 30.3 Å². The van der Waals surface area contributed by atoms with Crippen molar-refractivity contribution < 1.29 is 4.79 Å². The van der Waals surface area contributed by atoms with Crippen LogP contribution in [0.2, 0.25) is 0 Å². The summed E-state index contributed by atoms with van der Waals surface area (Å²) in [6, 6.07) is 12.6. The molecule has 1 atom stereocenters. The van der Waals surface area contributed by atoms with Crippen LogP contribution >= 0.6 is 0 Å². The van der Waals surface area contributed by atoms with E-state index in [4.69, 9.17) is 0 Å². The van der Waals surface area contributed by atoms with E-state index in [2.05, 4.69) is 22.5 Å². The maximum atomic E-state index is 12.6. The minimum absolute atomic E-state index is 0.0797. The molecule has 5 nitrogen and oxygen atoms in total. The summed E-state index contributed by atoms with van der Waals surface area (Å²) in [7, 11) is 0. The molecule has 1 aliphatic rings. The molecule has 0 radical (unpaired) electrons. The average Bonchev–Trinajstić information content (AvgIpc) is 3.14. The van der Waals surface area contributed by atoms with Crippen LogP contribution in [0.15, 0.2) is 48.8 Å². The molecule has 0 bridgehead atoms. The predicted molar refractivity (Wildman–Crippen MR) is 94.7 cm³/mol. The number of nitrogens with zero attached hydrogens (tertiary/aromatic N) is 3. The lowest BCUT2D eigenvalue weighted by atomic mass is 10.00. The van der Waals surface area contributed by atoms with Gasteiger partial charge in [-0.3, -0.25) is 4.68 Å². The van der Waals surface area contributed by atoms with Crippen LogP contribution in [0.3, 0.4) is 0 Å². The Morgan fingerprint density at radius 1 is 1.21 bits per heavy atom. The molecule has 0 spiro atoms. The van der Waals surface area contributed by atoms with Gasteiger partial charge in [0.2, 0.25) is 0 Å². The Balaban J connectivity index is 1.47. The Morgan fingerprint density at radius 2 is 2.08 bits per heavy atom. The summed E-state index contributed by atoms with van der Waals surface area (Å²) in [6.45, 7) is 2.41. The normalized spacial score (nSPS) is 17.7. The second kappa shape index (κ2) is 8.52. The molecule has 128 valence electrons. The highest BCUT2D eigenvalue weighted by molar-refractivity contribution is 5.74. The summed E-state index contributed by atoms with van der Waals surface area (Å²) in [5, 5.41) is 7.34. The average molecular weight is 326 g/mol. The third-order valence-corrected chi connectivity index (χ3v) is 4.67. The van der Waals surface area contributed by atoms with Crippen molar-refractivity contribution in [3.8, 4) is 0 Å². The SMILES string of the molecule is O=C(NCCc1ccccc1)N1CCCCC1CCn1cccn1. The molecule has 2 amide bonds. The molecular weight excluding hydrogens is 300 g/mol. The molecule has 1 aliphatic heterocycles. The standard InChI is InChI=1S/C19H26N4O/c24-19(20-13-10-17-7-2-1-3-8-17)23-15-5-4-9-18(23)11-16-22-14-6-12-21-22/h1-3,6-8,12,14,18H,4-5,9-11,13,15-16H2,(H,20,24). The molecule has 24 heavy (non-hydrogen) atoms. The van der Waals surface area contributed by atoms with Crippen molar-refractivity contribution in [1.29, 1.82) is 0 Å². The molecule has 0 saturated carbocycles. The zero-order valence-corrected chi connectivity index (χ0v) is 14.1. The van der Waals surface area contributed by atoms with Crippen molar-refractivity contribution in [2.24, 2.45) is 0 Å². The van der Waals surface area contributed by atoms with Gasteiger partial charge in [-0.25, -0.2) is 4.79 Å². The van der Waals surface area contributed by atoms with Crippen LogP contribution in [0.1, 0.15) is 31.2 Å². The molecule has 2 aromatic rings. The third-order valence-electron chi connectivity index (χ3n) is 4.67. The number of piperidine rings is 1. The molecule has 5 heteroatoms. The monoisotopic (exact) mass is 326 g/mol. The van der Waals surface area contributed by atoms with Crippen LogP contribution in [-0.2, 0) is 13.0 Å². The molecular formula is C19H26N4O. The number of benzene rings is 1. The van der Waals surface area contributed by atoms with E-state index in [9.17, 15) is 4.79 Å². The number of rotatable bonds is 6. The lowest BCUT2D eigenvalue weighted by molar-refractivity contribution is 0.143. The summed E-state index contributed by atoms with van der Waals surface area (Å²) in [5.74, 6) is 0. The molecule has 0 aliphatic carbocycles. The van der Waals surface area contributed by atoms with Crippen LogP contribution in [0.4, 0.5) is 4.79 Å². The lowest BCUT2D eigenvalue weighted by Gasteiger charge is -2.35. The van der Waals surface area contributed by atoms with Gasteiger partial charge in [0.15, 0.2) is 0 Å². The van der Waals surface area contributed by atoms with Crippen LogP contribution in [0.25, 0.3) is 0 Å². The van der Waals surface area contributed by atoms with Gasteiger partial charge in [-0.05, 0) is 43.7 Å². The van der Waals surface area contributed by atoms with Gasteiger partial charge >= 0.3 is 6.03 Å². The number of amides is 2. The Hall–Kier alpha value is -2.30. The fourth-order valence-corrected chi connectivity index (χ4v) is 3.34. The largest absolute Gasteiger partial charge is 0.338 e. The van der Waals surface area contributed by atoms with Crippen molar-refractivity contribution in [1.82, 2.24) is 20.0 Å². The summed E-state index contributed by atoms with van der Waals surface area (Å²) in [5.41, 5.74) is 1.26.